The molecule has 1 N–H and O–H groups in total. The molecule has 1 rings (SSSR count). The highest BCUT2D eigenvalue weighted by atomic mass is 19.3. The molecule has 0 bridgehead atoms. The maximum absolute atomic E-state index is 11.9. The smallest absolute Gasteiger partial charge is 0.261 e. The molecular weight excluding hydrogens is 254 g/mol. The fourth-order valence-corrected chi connectivity index (χ4v) is 2.54. The van der Waals surface area contributed by atoms with Crippen LogP contribution in [0.1, 0.15) is 26.2 Å². The summed E-state index contributed by atoms with van der Waals surface area (Å²) in [6.07, 6.45) is -0.311. The van der Waals surface area contributed by atoms with E-state index in [2.05, 4.69) is 12.2 Å². The molecule has 4 nitrogen and oxygen atoms in total. The van der Waals surface area contributed by atoms with E-state index in [9.17, 15) is 13.6 Å². The van der Waals surface area contributed by atoms with E-state index in [0.29, 0.717) is 12.0 Å². The van der Waals surface area contributed by atoms with Crippen LogP contribution in [0.25, 0.3) is 0 Å². The van der Waals surface area contributed by atoms with Crippen molar-refractivity contribution in [1.29, 1.82) is 0 Å². The summed E-state index contributed by atoms with van der Waals surface area (Å²) in [5.74, 6) is 0.465. The molecule has 0 spiro atoms. The van der Waals surface area contributed by atoms with Crippen LogP contribution in [0.3, 0.4) is 0 Å². The van der Waals surface area contributed by atoms with Crippen LogP contribution in [-0.2, 0) is 9.53 Å². The van der Waals surface area contributed by atoms with E-state index in [1.807, 2.05) is 11.9 Å². The number of carbonyl (C=O) groups excluding carboxylic acids is 1. The minimum Gasteiger partial charge on any atom is -0.375 e. The molecule has 0 aliphatic carbocycles. The third-order valence-corrected chi connectivity index (χ3v) is 3.69. The van der Waals surface area contributed by atoms with Crippen molar-refractivity contribution in [3.8, 4) is 0 Å². The average Bonchev–Trinajstić information content (AvgIpc) is 2.42. The van der Waals surface area contributed by atoms with Crippen LogP contribution < -0.4 is 5.32 Å². The highest BCUT2D eigenvalue weighted by Gasteiger charge is 2.29. The van der Waals surface area contributed by atoms with E-state index in [1.54, 1.807) is 0 Å². The van der Waals surface area contributed by atoms with E-state index in [-0.39, 0.29) is 18.9 Å². The van der Waals surface area contributed by atoms with Crippen LogP contribution in [0.4, 0.5) is 8.78 Å². The quantitative estimate of drug-likeness (QED) is 0.718. The van der Waals surface area contributed by atoms with Gasteiger partial charge in [0.1, 0.15) is 6.61 Å². The zero-order chi connectivity index (χ0) is 14.3. The van der Waals surface area contributed by atoms with Crippen LogP contribution in [0.2, 0.25) is 0 Å². The number of likely N-dealkylation sites (tertiary alicyclic amines) is 1. The predicted molar refractivity (Wildman–Crippen MR) is 69.3 cm³/mol. The number of halogens is 2. The molecule has 6 heteroatoms. The Bertz CT molecular complexity index is 277. The van der Waals surface area contributed by atoms with Gasteiger partial charge in [-0.3, -0.25) is 4.79 Å². The molecular formula is C13H24F2N2O2. The van der Waals surface area contributed by atoms with Crippen molar-refractivity contribution >= 4 is 5.91 Å². The Hall–Kier alpha value is -0.750. The Morgan fingerprint density at radius 1 is 1.53 bits per heavy atom. The number of nitrogens with zero attached hydrogens (tertiary/aromatic N) is 1. The van der Waals surface area contributed by atoms with E-state index >= 15 is 0 Å². The van der Waals surface area contributed by atoms with Gasteiger partial charge in [-0.15, -0.1) is 0 Å². The molecule has 1 aliphatic rings. The van der Waals surface area contributed by atoms with Gasteiger partial charge in [0.2, 0.25) is 5.91 Å². The lowest BCUT2D eigenvalue weighted by Crippen LogP contribution is -2.50. The van der Waals surface area contributed by atoms with Crippen molar-refractivity contribution < 1.29 is 18.3 Å². The van der Waals surface area contributed by atoms with Gasteiger partial charge in [-0.25, -0.2) is 8.78 Å². The minimum absolute atomic E-state index is 0.00210. The Balaban J connectivity index is 2.29. The minimum atomic E-state index is -2.47. The van der Waals surface area contributed by atoms with Crippen molar-refractivity contribution in [2.24, 2.45) is 5.92 Å². The molecule has 2 atom stereocenters. The molecule has 1 fully saturated rings. The summed E-state index contributed by atoms with van der Waals surface area (Å²) in [5, 5.41) is 3.28. The second-order valence-corrected chi connectivity index (χ2v) is 4.91. The number of rotatable bonds is 7. The molecule has 0 radical (unpaired) electrons. The monoisotopic (exact) mass is 278 g/mol. The van der Waals surface area contributed by atoms with Gasteiger partial charge in [-0.1, -0.05) is 13.3 Å². The van der Waals surface area contributed by atoms with Crippen molar-refractivity contribution in [3.63, 3.8) is 0 Å². The topological polar surface area (TPSA) is 41.6 Å². The van der Waals surface area contributed by atoms with E-state index in [0.717, 1.165) is 25.9 Å². The van der Waals surface area contributed by atoms with Crippen molar-refractivity contribution in [2.45, 2.75) is 38.7 Å². The van der Waals surface area contributed by atoms with Gasteiger partial charge in [-0.05, 0) is 19.4 Å². The number of alkyl halides is 2. The van der Waals surface area contributed by atoms with Gasteiger partial charge in [0.15, 0.2) is 0 Å². The van der Waals surface area contributed by atoms with Crippen LogP contribution in [-0.4, -0.2) is 56.6 Å². The van der Waals surface area contributed by atoms with E-state index in [4.69, 9.17) is 4.74 Å². The van der Waals surface area contributed by atoms with Gasteiger partial charge in [-0.2, -0.15) is 0 Å². The molecule has 112 valence electrons. The van der Waals surface area contributed by atoms with Crippen LogP contribution in [0, 0.1) is 5.92 Å². The standard InChI is InChI=1S/C13H24F2N2O2/c1-3-10-8-17(6-4-11(10)16-2)13(18)5-7-19-9-12(14)15/h10-12,16H,3-9H2,1-2H3. The molecule has 0 aromatic carbocycles. The predicted octanol–water partition coefficient (Wildman–Crippen LogP) is 1.50. The van der Waals surface area contributed by atoms with Gasteiger partial charge in [0, 0.05) is 19.1 Å². The molecule has 1 saturated heterocycles. The first-order valence-electron chi connectivity index (χ1n) is 6.89. The number of hydrogen-bond donors (Lipinski definition) is 1. The highest BCUT2D eigenvalue weighted by molar-refractivity contribution is 5.76. The number of amides is 1. The first-order valence-corrected chi connectivity index (χ1v) is 6.89. The number of ether oxygens (including phenoxy) is 1. The normalized spacial score (nSPS) is 23.9. The molecule has 1 amide bonds. The van der Waals surface area contributed by atoms with Crippen molar-refractivity contribution in [3.05, 3.63) is 0 Å². The Labute approximate surface area is 113 Å². The molecule has 0 aromatic rings. The lowest BCUT2D eigenvalue weighted by molar-refractivity contribution is -0.135. The van der Waals surface area contributed by atoms with Crippen molar-refractivity contribution in [1.82, 2.24) is 10.2 Å². The van der Waals surface area contributed by atoms with Gasteiger partial charge in [0.25, 0.3) is 6.43 Å². The average molecular weight is 278 g/mol. The van der Waals surface area contributed by atoms with Gasteiger partial charge in [0.05, 0.1) is 13.0 Å². The largest absolute Gasteiger partial charge is 0.375 e. The summed E-state index contributed by atoms with van der Waals surface area (Å²) in [6.45, 7) is 3.08. The second-order valence-electron chi connectivity index (χ2n) is 4.91. The number of hydrogen-bond acceptors (Lipinski definition) is 3. The van der Waals surface area contributed by atoms with Crippen LogP contribution in [0.5, 0.6) is 0 Å². The molecule has 19 heavy (non-hydrogen) atoms. The molecule has 1 aliphatic heterocycles. The third kappa shape index (κ3) is 5.40. The summed E-state index contributed by atoms with van der Waals surface area (Å²) < 4.78 is 28.5. The van der Waals surface area contributed by atoms with Crippen molar-refractivity contribution in [2.75, 3.05) is 33.4 Å². The summed E-state index contributed by atoms with van der Waals surface area (Å²) in [4.78, 5) is 13.8. The Morgan fingerprint density at radius 2 is 2.26 bits per heavy atom. The third-order valence-electron chi connectivity index (χ3n) is 3.69. The maximum Gasteiger partial charge on any atom is 0.261 e. The van der Waals surface area contributed by atoms with E-state index in [1.165, 1.54) is 0 Å². The molecule has 2 unspecified atom stereocenters. The zero-order valence-corrected chi connectivity index (χ0v) is 11.7. The zero-order valence-electron chi connectivity index (χ0n) is 11.7. The summed E-state index contributed by atoms with van der Waals surface area (Å²) >= 11 is 0. The summed E-state index contributed by atoms with van der Waals surface area (Å²) in [6, 6.07) is 0.462. The fourth-order valence-electron chi connectivity index (χ4n) is 2.54. The lowest BCUT2D eigenvalue weighted by Gasteiger charge is -2.38. The summed E-state index contributed by atoms with van der Waals surface area (Å²) in [7, 11) is 1.95. The van der Waals surface area contributed by atoms with Crippen LogP contribution >= 0.6 is 0 Å². The summed E-state index contributed by atoms with van der Waals surface area (Å²) in [5.41, 5.74) is 0. The first-order chi connectivity index (χ1) is 9.08. The molecule has 0 aromatic heterocycles. The number of nitrogens with one attached hydrogen (secondary N) is 1. The highest BCUT2D eigenvalue weighted by Crippen LogP contribution is 2.20. The first kappa shape index (κ1) is 16.3. The fraction of sp³-hybridized carbons (Fsp3) is 0.923. The van der Waals surface area contributed by atoms with Crippen LogP contribution in [0.15, 0.2) is 0 Å². The lowest BCUT2D eigenvalue weighted by atomic mass is 9.90. The number of carbonyl (C=O) groups is 1. The van der Waals surface area contributed by atoms with Gasteiger partial charge < -0.3 is 15.0 Å². The molecule has 0 saturated carbocycles. The van der Waals surface area contributed by atoms with Gasteiger partial charge >= 0.3 is 0 Å². The SMILES string of the molecule is CCC1CN(C(=O)CCOCC(F)F)CCC1NC. The Morgan fingerprint density at radius 3 is 2.84 bits per heavy atom. The maximum atomic E-state index is 11.9. The number of piperidine rings is 1. The molecule has 1 heterocycles. The Kier molecular flexibility index (Phi) is 7.23. The van der Waals surface area contributed by atoms with E-state index < -0.39 is 13.0 Å². The second kappa shape index (κ2) is 8.43.